The van der Waals surface area contributed by atoms with E-state index in [2.05, 4.69) is 4.98 Å². The molecule has 0 atom stereocenters. The lowest BCUT2D eigenvalue weighted by Gasteiger charge is -2.10. The SMILES string of the molecule is Cc1c(OCc2nc(N)ccc2Cl)cccc1[N+](=O)[O-]. The minimum absolute atomic E-state index is 0.00846. The average Bonchev–Trinajstić information content (AvgIpc) is 2.41. The summed E-state index contributed by atoms with van der Waals surface area (Å²) in [6, 6.07) is 7.86. The number of nitrogens with two attached hydrogens (primary N) is 1. The van der Waals surface area contributed by atoms with Crippen molar-refractivity contribution in [2.45, 2.75) is 13.5 Å². The topological polar surface area (TPSA) is 91.3 Å². The number of hydrogen-bond acceptors (Lipinski definition) is 5. The Morgan fingerprint density at radius 1 is 1.40 bits per heavy atom. The second kappa shape index (κ2) is 5.75. The van der Waals surface area contributed by atoms with Gasteiger partial charge < -0.3 is 10.5 Å². The number of benzene rings is 1. The molecule has 0 spiro atoms. The summed E-state index contributed by atoms with van der Waals surface area (Å²) < 4.78 is 5.54. The first-order valence-electron chi connectivity index (χ1n) is 5.76. The lowest BCUT2D eigenvalue weighted by molar-refractivity contribution is -0.385. The molecule has 1 aromatic carbocycles. The van der Waals surface area contributed by atoms with Gasteiger partial charge in [-0.2, -0.15) is 0 Å². The molecule has 104 valence electrons. The number of anilines is 1. The number of ether oxygens (including phenoxy) is 1. The standard InChI is InChI=1S/C13H12ClN3O3/c1-8-11(17(18)19)3-2-4-12(8)20-7-10-9(14)5-6-13(15)16-10/h2-6H,7H2,1H3,(H2,15,16). The summed E-state index contributed by atoms with van der Waals surface area (Å²) in [6.45, 7) is 1.72. The molecule has 2 aromatic rings. The Bertz CT molecular complexity index is 661. The van der Waals surface area contributed by atoms with Gasteiger partial charge in [-0.1, -0.05) is 17.7 Å². The van der Waals surface area contributed by atoms with Crippen LogP contribution < -0.4 is 10.5 Å². The number of rotatable bonds is 4. The predicted molar refractivity (Wildman–Crippen MR) is 75.8 cm³/mol. The highest BCUT2D eigenvalue weighted by molar-refractivity contribution is 6.31. The number of nitrogens with zero attached hydrogens (tertiary/aromatic N) is 2. The van der Waals surface area contributed by atoms with Crippen molar-refractivity contribution in [3.63, 3.8) is 0 Å². The summed E-state index contributed by atoms with van der Waals surface area (Å²) in [4.78, 5) is 14.5. The van der Waals surface area contributed by atoms with Crippen LogP contribution >= 0.6 is 11.6 Å². The molecular formula is C13H12ClN3O3. The highest BCUT2D eigenvalue weighted by Gasteiger charge is 2.14. The van der Waals surface area contributed by atoms with E-state index in [9.17, 15) is 10.1 Å². The molecule has 0 aliphatic rings. The summed E-state index contributed by atoms with van der Waals surface area (Å²) in [5.41, 5.74) is 6.52. The number of nitro benzene ring substituents is 1. The molecule has 1 heterocycles. The van der Waals surface area contributed by atoms with E-state index in [4.69, 9.17) is 22.1 Å². The van der Waals surface area contributed by atoms with Crippen LogP contribution in [0.15, 0.2) is 30.3 Å². The highest BCUT2D eigenvalue weighted by Crippen LogP contribution is 2.28. The highest BCUT2D eigenvalue weighted by atomic mass is 35.5. The third-order valence-electron chi connectivity index (χ3n) is 2.76. The third-order valence-corrected chi connectivity index (χ3v) is 3.10. The van der Waals surface area contributed by atoms with Crippen LogP contribution in [0, 0.1) is 17.0 Å². The molecule has 0 amide bonds. The molecule has 0 radical (unpaired) electrons. The molecule has 0 bridgehead atoms. The Balaban J connectivity index is 2.21. The van der Waals surface area contributed by atoms with Crippen molar-refractivity contribution in [3.05, 3.63) is 56.7 Å². The Labute approximate surface area is 120 Å². The molecular weight excluding hydrogens is 282 g/mol. The van der Waals surface area contributed by atoms with Gasteiger partial charge >= 0.3 is 0 Å². The molecule has 0 aliphatic carbocycles. The Hall–Kier alpha value is -2.34. The number of nitro groups is 1. The third kappa shape index (κ3) is 2.97. The van der Waals surface area contributed by atoms with Crippen molar-refractivity contribution < 1.29 is 9.66 Å². The molecule has 1 aromatic heterocycles. The molecule has 20 heavy (non-hydrogen) atoms. The van der Waals surface area contributed by atoms with E-state index in [1.165, 1.54) is 6.07 Å². The zero-order chi connectivity index (χ0) is 14.7. The fourth-order valence-corrected chi connectivity index (χ4v) is 1.87. The van der Waals surface area contributed by atoms with Gasteiger partial charge in [-0.05, 0) is 25.1 Å². The van der Waals surface area contributed by atoms with Crippen LogP contribution in [0.2, 0.25) is 5.02 Å². The minimum atomic E-state index is -0.450. The summed E-state index contributed by atoms with van der Waals surface area (Å²) >= 11 is 5.98. The van der Waals surface area contributed by atoms with Crippen molar-refractivity contribution in [1.29, 1.82) is 0 Å². The van der Waals surface area contributed by atoms with Crippen LogP contribution in [-0.4, -0.2) is 9.91 Å². The first-order chi connectivity index (χ1) is 9.49. The summed E-state index contributed by atoms with van der Waals surface area (Å²) in [7, 11) is 0. The molecule has 2 N–H and O–H groups in total. The number of halogens is 1. The maximum Gasteiger partial charge on any atom is 0.276 e. The zero-order valence-corrected chi connectivity index (χ0v) is 11.4. The molecule has 0 saturated heterocycles. The Morgan fingerprint density at radius 3 is 2.85 bits per heavy atom. The van der Waals surface area contributed by atoms with Crippen molar-refractivity contribution in [1.82, 2.24) is 4.98 Å². The normalized spacial score (nSPS) is 10.3. The van der Waals surface area contributed by atoms with Crippen LogP contribution in [0.3, 0.4) is 0 Å². The first-order valence-corrected chi connectivity index (χ1v) is 6.14. The second-order valence-corrected chi connectivity index (χ2v) is 4.52. The largest absolute Gasteiger partial charge is 0.487 e. The van der Waals surface area contributed by atoms with E-state index in [1.54, 1.807) is 31.2 Å². The number of hydrogen-bond donors (Lipinski definition) is 1. The lowest BCUT2D eigenvalue weighted by atomic mass is 10.2. The van der Waals surface area contributed by atoms with E-state index in [0.29, 0.717) is 27.8 Å². The van der Waals surface area contributed by atoms with Crippen molar-refractivity contribution >= 4 is 23.1 Å². The average molecular weight is 294 g/mol. The van der Waals surface area contributed by atoms with Gasteiger partial charge in [0.25, 0.3) is 5.69 Å². The smallest absolute Gasteiger partial charge is 0.276 e. The van der Waals surface area contributed by atoms with Gasteiger partial charge in [0.15, 0.2) is 0 Å². The van der Waals surface area contributed by atoms with E-state index in [1.807, 2.05) is 0 Å². The molecule has 7 heteroatoms. The zero-order valence-electron chi connectivity index (χ0n) is 10.7. The Morgan fingerprint density at radius 2 is 2.15 bits per heavy atom. The van der Waals surface area contributed by atoms with Crippen molar-refractivity contribution in [2.24, 2.45) is 0 Å². The number of pyridine rings is 1. The fourth-order valence-electron chi connectivity index (χ4n) is 1.71. The van der Waals surface area contributed by atoms with Gasteiger partial charge in [0.2, 0.25) is 0 Å². The lowest BCUT2D eigenvalue weighted by Crippen LogP contribution is -2.03. The van der Waals surface area contributed by atoms with Gasteiger partial charge in [0.1, 0.15) is 18.2 Å². The quantitative estimate of drug-likeness (QED) is 0.691. The van der Waals surface area contributed by atoms with Crippen LogP contribution in [0.5, 0.6) is 5.75 Å². The first kappa shape index (κ1) is 14.1. The van der Waals surface area contributed by atoms with Gasteiger partial charge in [0, 0.05) is 6.07 Å². The van der Waals surface area contributed by atoms with Crippen LogP contribution in [0.1, 0.15) is 11.3 Å². The van der Waals surface area contributed by atoms with Gasteiger partial charge in [-0.25, -0.2) is 4.98 Å². The summed E-state index contributed by atoms with van der Waals surface area (Å²) in [5.74, 6) is 0.753. The molecule has 0 unspecified atom stereocenters. The van der Waals surface area contributed by atoms with Crippen molar-refractivity contribution in [3.8, 4) is 5.75 Å². The summed E-state index contributed by atoms with van der Waals surface area (Å²) in [5, 5.41) is 11.3. The molecule has 2 rings (SSSR count). The summed E-state index contributed by atoms with van der Waals surface area (Å²) in [6.07, 6.45) is 0. The monoisotopic (exact) mass is 293 g/mol. The van der Waals surface area contributed by atoms with E-state index in [-0.39, 0.29) is 12.3 Å². The maximum atomic E-state index is 10.8. The Kier molecular flexibility index (Phi) is 4.05. The fraction of sp³-hybridized carbons (Fsp3) is 0.154. The van der Waals surface area contributed by atoms with Gasteiger partial charge in [-0.3, -0.25) is 10.1 Å². The molecule has 0 fully saturated rings. The molecule has 0 aliphatic heterocycles. The minimum Gasteiger partial charge on any atom is -0.487 e. The van der Waals surface area contributed by atoms with Crippen LogP contribution in [-0.2, 0) is 6.61 Å². The number of aromatic nitrogens is 1. The molecule has 0 saturated carbocycles. The second-order valence-electron chi connectivity index (χ2n) is 4.11. The molecule has 6 nitrogen and oxygen atoms in total. The van der Waals surface area contributed by atoms with Crippen LogP contribution in [0.25, 0.3) is 0 Å². The van der Waals surface area contributed by atoms with E-state index in [0.717, 1.165) is 0 Å². The maximum absolute atomic E-state index is 10.8. The van der Waals surface area contributed by atoms with Gasteiger partial charge in [-0.15, -0.1) is 0 Å². The van der Waals surface area contributed by atoms with Crippen molar-refractivity contribution in [2.75, 3.05) is 5.73 Å². The number of nitrogen functional groups attached to an aromatic ring is 1. The van der Waals surface area contributed by atoms with E-state index >= 15 is 0 Å². The van der Waals surface area contributed by atoms with Crippen LogP contribution in [0.4, 0.5) is 11.5 Å². The van der Waals surface area contributed by atoms with E-state index < -0.39 is 4.92 Å². The van der Waals surface area contributed by atoms with Gasteiger partial charge in [0.05, 0.1) is 21.2 Å². The predicted octanol–water partition coefficient (Wildman–Crippen LogP) is 3.11.